The van der Waals surface area contributed by atoms with Gasteiger partial charge in [0.2, 0.25) is 5.92 Å². The summed E-state index contributed by atoms with van der Waals surface area (Å²) in [4.78, 5) is 43.9. The average Bonchev–Trinajstić information content (AvgIpc) is 3.27. The molecule has 264 valence electrons. The van der Waals surface area contributed by atoms with E-state index in [4.69, 9.17) is 14.5 Å². The number of rotatable bonds is 11. The first-order chi connectivity index (χ1) is 23.1. The van der Waals surface area contributed by atoms with Gasteiger partial charge in [0.15, 0.2) is 5.65 Å². The van der Waals surface area contributed by atoms with Crippen molar-refractivity contribution in [3.8, 4) is 0 Å². The van der Waals surface area contributed by atoms with Crippen LogP contribution < -0.4 is 10.6 Å². The molecule has 2 fully saturated rings. The van der Waals surface area contributed by atoms with Gasteiger partial charge in [-0.05, 0) is 63.3 Å². The van der Waals surface area contributed by atoms with Crippen molar-refractivity contribution in [2.45, 2.75) is 76.0 Å². The quantitative estimate of drug-likeness (QED) is 0.198. The maximum absolute atomic E-state index is 15.0. The minimum absolute atomic E-state index is 0.117. The number of alkyl carbamates (subject to hydrolysis) is 1. The van der Waals surface area contributed by atoms with Gasteiger partial charge in [-0.25, -0.2) is 31.9 Å². The Labute approximate surface area is 280 Å². The molecule has 0 spiro atoms. The van der Waals surface area contributed by atoms with E-state index in [1.807, 2.05) is 0 Å². The number of ether oxygens (including phenoxy) is 2. The Morgan fingerprint density at radius 2 is 1.71 bits per heavy atom. The standard InChI is InChI=1S/C34H40F4N6O5/c1-32(2,3)49-31(47)42-28(19-9-11-33(35,36)12-10-19)25-17-44-27(41-25)13-20(14-40-44)26(18-48-4)39-15-23-24(34(23,37)38)16-43-29(45)21-7-5-6-8-22(21)30(43)46/h5-8,13-14,17,19,23-24,26,28,39H,9-12,15-16,18H2,1-4H3,(H,42,47)/t23-,24+,26+,28-/m0/s1. The molecule has 2 aliphatic carbocycles. The third-order valence-corrected chi connectivity index (χ3v) is 9.53. The van der Waals surface area contributed by atoms with Gasteiger partial charge in [-0.2, -0.15) is 5.10 Å². The van der Waals surface area contributed by atoms with E-state index >= 15 is 0 Å². The topological polar surface area (TPSA) is 127 Å². The number of imide groups is 1. The number of alkyl halides is 4. The molecule has 3 aliphatic rings. The lowest BCUT2D eigenvalue weighted by atomic mass is 9.81. The predicted molar refractivity (Wildman–Crippen MR) is 168 cm³/mol. The second kappa shape index (κ2) is 13.0. The van der Waals surface area contributed by atoms with Gasteiger partial charge in [-0.15, -0.1) is 0 Å². The number of hydrogen-bond donors (Lipinski definition) is 2. The van der Waals surface area contributed by atoms with Gasteiger partial charge in [0, 0.05) is 39.0 Å². The van der Waals surface area contributed by atoms with Crippen LogP contribution in [0.4, 0.5) is 22.4 Å². The van der Waals surface area contributed by atoms with Gasteiger partial charge in [0.25, 0.3) is 17.7 Å². The highest BCUT2D eigenvalue weighted by molar-refractivity contribution is 6.21. The van der Waals surface area contributed by atoms with E-state index in [1.54, 1.807) is 51.4 Å². The first-order valence-electron chi connectivity index (χ1n) is 16.4. The van der Waals surface area contributed by atoms with Crippen LogP contribution in [0.15, 0.2) is 42.7 Å². The molecule has 1 aliphatic heterocycles. The number of carbonyl (C=O) groups excluding carboxylic acids is 3. The van der Waals surface area contributed by atoms with Crippen molar-refractivity contribution in [2.24, 2.45) is 17.8 Å². The monoisotopic (exact) mass is 688 g/mol. The molecule has 1 aromatic carbocycles. The molecule has 2 N–H and O–H groups in total. The summed E-state index contributed by atoms with van der Waals surface area (Å²) >= 11 is 0. The van der Waals surface area contributed by atoms with Gasteiger partial charge < -0.3 is 20.1 Å². The Bertz CT molecular complexity index is 1700. The fourth-order valence-corrected chi connectivity index (χ4v) is 6.81. The lowest BCUT2D eigenvalue weighted by molar-refractivity contribution is -0.0500. The van der Waals surface area contributed by atoms with E-state index in [-0.39, 0.29) is 62.4 Å². The summed E-state index contributed by atoms with van der Waals surface area (Å²) < 4.78 is 70.3. The lowest BCUT2D eigenvalue weighted by Crippen LogP contribution is -2.40. The molecule has 2 saturated carbocycles. The van der Waals surface area contributed by atoms with Crippen LogP contribution in [0.3, 0.4) is 0 Å². The van der Waals surface area contributed by atoms with E-state index in [1.165, 1.54) is 23.8 Å². The predicted octanol–water partition coefficient (Wildman–Crippen LogP) is 5.58. The fraction of sp³-hybridized carbons (Fsp3) is 0.559. The van der Waals surface area contributed by atoms with E-state index in [9.17, 15) is 31.9 Å². The third kappa shape index (κ3) is 7.28. The molecule has 6 rings (SSSR count). The zero-order chi connectivity index (χ0) is 35.3. The van der Waals surface area contributed by atoms with Crippen molar-refractivity contribution in [3.63, 3.8) is 0 Å². The van der Waals surface area contributed by atoms with Gasteiger partial charge in [0.05, 0.1) is 53.8 Å². The number of fused-ring (bicyclic) bond motifs is 2. The molecule has 3 aromatic rings. The minimum atomic E-state index is -3.08. The summed E-state index contributed by atoms with van der Waals surface area (Å²) in [6, 6.07) is 6.72. The summed E-state index contributed by atoms with van der Waals surface area (Å²) in [6.07, 6.45) is 2.24. The second-order valence-corrected chi connectivity index (χ2v) is 14.1. The van der Waals surface area contributed by atoms with Crippen molar-refractivity contribution in [1.29, 1.82) is 0 Å². The number of nitrogens with zero attached hydrogens (tertiary/aromatic N) is 4. The van der Waals surface area contributed by atoms with E-state index in [0.29, 0.717) is 16.9 Å². The van der Waals surface area contributed by atoms with Gasteiger partial charge in [-0.1, -0.05) is 12.1 Å². The molecule has 0 saturated heterocycles. The van der Waals surface area contributed by atoms with Crippen LogP contribution in [-0.2, 0) is 9.47 Å². The third-order valence-electron chi connectivity index (χ3n) is 9.53. The Balaban J connectivity index is 1.16. The van der Waals surface area contributed by atoms with E-state index in [2.05, 4.69) is 15.7 Å². The first-order valence-corrected chi connectivity index (χ1v) is 16.4. The molecule has 2 aromatic heterocycles. The highest BCUT2D eigenvalue weighted by atomic mass is 19.3. The zero-order valence-corrected chi connectivity index (χ0v) is 27.7. The summed E-state index contributed by atoms with van der Waals surface area (Å²) in [6.45, 7) is 4.79. The smallest absolute Gasteiger partial charge is 0.408 e. The van der Waals surface area contributed by atoms with Gasteiger partial charge in [0.1, 0.15) is 5.60 Å². The molecule has 3 heterocycles. The second-order valence-electron chi connectivity index (χ2n) is 14.1. The SMILES string of the molecule is COC[C@@H](NC[C@H]1[C@@H](CN2C(=O)c3ccccc3C2=O)C1(F)F)c1cnn2cc([C@@H](NC(=O)OC(C)(C)C)C3CCC(F)(F)CC3)nc2c1. The number of methoxy groups -OCH3 is 1. The highest BCUT2D eigenvalue weighted by Gasteiger charge is 2.68. The lowest BCUT2D eigenvalue weighted by Gasteiger charge is -2.33. The normalized spacial score (nSPS) is 23.0. The molecule has 4 atom stereocenters. The van der Waals surface area contributed by atoms with Crippen molar-refractivity contribution < 1.29 is 41.4 Å². The maximum Gasteiger partial charge on any atom is 0.408 e. The molecule has 11 nitrogen and oxygen atoms in total. The minimum Gasteiger partial charge on any atom is -0.444 e. The van der Waals surface area contributed by atoms with E-state index < -0.39 is 59.3 Å². The van der Waals surface area contributed by atoms with Crippen molar-refractivity contribution in [3.05, 3.63) is 65.1 Å². The summed E-state index contributed by atoms with van der Waals surface area (Å²) in [5.74, 6) is -9.62. The number of halogens is 4. The number of hydrogen-bond acceptors (Lipinski definition) is 8. The average molecular weight is 689 g/mol. The molecule has 49 heavy (non-hydrogen) atoms. The molecule has 0 unspecified atom stereocenters. The van der Waals surface area contributed by atoms with Crippen molar-refractivity contribution >= 4 is 23.6 Å². The number of amides is 3. The fourth-order valence-electron chi connectivity index (χ4n) is 6.81. The Hall–Kier alpha value is -4.11. The zero-order valence-electron chi connectivity index (χ0n) is 27.7. The molecule has 0 bridgehead atoms. The molecular weight excluding hydrogens is 648 g/mol. The number of benzene rings is 1. The van der Waals surface area contributed by atoms with Gasteiger partial charge >= 0.3 is 6.09 Å². The summed E-state index contributed by atoms with van der Waals surface area (Å²) in [5, 5.41) is 10.4. The maximum atomic E-state index is 15.0. The highest BCUT2D eigenvalue weighted by Crippen LogP contribution is 2.55. The first kappa shape index (κ1) is 34.7. The Morgan fingerprint density at radius 1 is 1.06 bits per heavy atom. The number of carbonyl (C=O) groups is 3. The largest absolute Gasteiger partial charge is 0.444 e. The Kier molecular flexibility index (Phi) is 9.20. The number of aromatic nitrogens is 3. The molecule has 3 amide bonds. The number of nitrogens with one attached hydrogen (secondary N) is 2. The van der Waals surface area contributed by atoms with Crippen LogP contribution in [0.5, 0.6) is 0 Å². The van der Waals surface area contributed by atoms with Crippen LogP contribution in [0.25, 0.3) is 5.65 Å². The van der Waals surface area contributed by atoms with Crippen LogP contribution in [-0.4, -0.2) is 81.7 Å². The molecule has 0 radical (unpaired) electrons. The van der Waals surface area contributed by atoms with Crippen LogP contribution in [0.1, 0.15) is 90.5 Å². The van der Waals surface area contributed by atoms with Gasteiger partial charge in [-0.3, -0.25) is 14.5 Å². The van der Waals surface area contributed by atoms with Crippen molar-refractivity contribution in [1.82, 2.24) is 30.1 Å². The van der Waals surface area contributed by atoms with Crippen LogP contribution >= 0.6 is 0 Å². The molecular formula is C34H40F4N6O5. The Morgan fingerprint density at radius 3 is 2.33 bits per heavy atom. The van der Waals surface area contributed by atoms with Crippen molar-refractivity contribution in [2.75, 3.05) is 26.8 Å². The van der Waals surface area contributed by atoms with E-state index in [0.717, 1.165) is 4.90 Å². The summed E-state index contributed by atoms with van der Waals surface area (Å²) in [5.41, 5.74) is 1.07. The van der Waals surface area contributed by atoms with Crippen LogP contribution in [0, 0.1) is 17.8 Å². The van der Waals surface area contributed by atoms with Crippen LogP contribution in [0.2, 0.25) is 0 Å². The number of imidazole rings is 1. The molecule has 15 heteroatoms. The summed E-state index contributed by atoms with van der Waals surface area (Å²) in [7, 11) is 1.48.